The minimum Gasteiger partial charge on any atom is -0.142 e. The van der Waals surface area contributed by atoms with E-state index in [1.807, 2.05) is 0 Å². The molecule has 8 atom stereocenters. The molecule has 0 bridgehead atoms. The van der Waals surface area contributed by atoms with Gasteiger partial charge < -0.3 is 0 Å². The van der Waals surface area contributed by atoms with Crippen LogP contribution >= 0.6 is 12.6 Å². The van der Waals surface area contributed by atoms with Crippen molar-refractivity contribution in [2.45, 2.75) is 101 Å². The summed E-state index contributed by atoms with van der Waals surface area (Å²) in [5.41, 5.74) is 5.76. The van der Waals surface area contributed by atoms with Gasteiger partial charge in [0.1, 0.15) is 0 Å². The number of hydrogen-bond donors (Lipinski definition) is 1. The van der Waals surface area contributed by atoms with Crippen LogP contribution < -0.4 is 0 Å². The lowest BCUT2D eigenvalue weighted by atomic mass is 9.37. The number of aryl methyl sites for hydroxylation is 1. The van der Waals surface area contributed by atoms with Crippen molar-refractivity contribution < 1.29 is 0 Å². The SMILES string of the molecule is Cc1ccc(C2CC3C4CCCCC4C4CCCC5C6CCCCC6C(C2)C3C45)cc1-c1ccc2ccccc2c1S. The molecular weight excluding hydrogens is 525 g/mol. The van der Waals surface area contributed by atoms with Gasteiger partial charge in [-0.2, -0.15) is 0 Å². The molecule has 6 aliphatic carbocycles. The first-order valence-electron chi connectivity index (χ1n) is 18.0. The van der Waals surface area contributed by atoms with Crippen LogP contribution in [0.1, 0.15) is 101 Å². The van der Waals surface area contributed by atoms with Crippen molar-refractivity contribution in [1.82, 2.24) is 0 Å². The van der Waals surface area contributed by atoms with Crippen molar-refractivity contribution in [3.05, 3.63) is 65.7 Å². The molecule has 0 spiro atoms. The maximum absolute atomic E-state index is 5.13. The summed E-state index contributed by atoms with van der Waals surface area (Å²) in [6, 6.07) is 21.0. The van der Waals surface area contributed by atoms with E-state index in [0.29, 0.717) is 0 Å². The van der Waals surface area contributed by atoms with Gasteiger partial charge in [0.2, 0.25) is 0 Å². The molecule has 8 unspecified atom stereocenters. The lowest BCUT2D eigenvalue weighted by molar-refractivity contribution is -0.189. The predicted molar refractivity (Wildman–Crippen MR) is 179 cm³/mol. The van der Waals surface area contributed by atoms with Crippen LogP contribution in [0.25, 0.3) is 21.9 Å². The van der Waals surface area contributed by atoms with Gasteiger partial charge in [-0.05, 0) is 156 Å². The van der Waals surface area contributed by atoms with Crippen molar-refractivity contribution in [1.29, 1.82) is 0 Å². The van der Waals surface area contributed by atoms with Crippen molar-refractivity contribution in [2.75, 3.05) is 0 Å². The highest BCUT2D eigenvalue weighted by atomic mass is 32.1. The van der Waals surface area contributed by atoms with Crippen LogP contribution in [0, 0.1) is 66.1 Å². The Morgan fingerprint density at radius 1 is 0.548 bits per heavy atom. The zero-order valence-corrected chi connectivity index (χ0v) is 26.6. The summed E-state index contributed by atoms with van der Waals surface area (Å²) in [7, 11) is 0. The van der Waals surface area contributed by atoms with E-state index >= 15 is 0 Å². The lowest BCUT2D eigenvalue weighted by Crippen LogP contribution is -2.61. The van der Waals surface area contributed by atoms with E-state index in [4.69, 9.17) is 12.6 Å². The molecule has 6 aliphatic rings. The maximum atomic E-state index is 5.13. The van der Waals surface area contributed by atoms with Gasteiger partial charge in [0.05, 0.1) is 0 Å². The summed E-state index contributed by atoms with van der Waals surface area (Å²) < 4.78 is 0. The highest BCUT2D eigenvalue weighted by Gasteiger charge is 2.62. The smallest absolute Gasteiger partial charge is 0.0197 e. The average molecular weight is 575 g/mol. The zero-order valence-electron chi connectivity index (χ0n) is 25.7. The Balaban J connectivity index is 1.12. The Morgan fingerprint density at radius 3 is 1.79 bits per heavy atom. The van der Waals surface area contributed by atoms with Crippen LogP contribution in [0.2, 0.25) is 0 Å². The molecule has 3 aromatic rings. The first-order valence-corrected chi connectivity index (χ1v) is 18.4. The van der Waals surface area contributed by atoms with Gasteiger partial charge in [0, 0.05) is 4.90 Å². The van der Waals surface area contributed by atoms with E-state index < -0.39 is 0 Å². The molecule has 1 heteroatoms. The zero-order chi connectivity index (χ0) is 27.9. The van der Waals surface area contributed by atoms with Crippen molar-refractivity contribution in [3.8, 4) is 11.1 Å². The topological polar surface area (TPSA) is 0 Å². The number of rotatable bonds is 2. The third-order valence-corrected chi connectivity index (χ3v) is 15.0. The quantitative estimate of drug-likeness (QED) is 0.289. The third-order valence-electron chi connectivity index (χ3n) is 14.5. The van der Waals surface area contributed by atoms with Crippen LogP contribution in [0.5, 0.6) is 0 Å². The monoisotopic (exact) mass is 574 g/mol. The molecule has 0 N–H and O–H groups in total. The van der Waals surface area contributed by atoms with E-state index in [2.05, 4.69) is 61.5 Å². The Hall–Kier alpha value is -1.73. The van der Waals surface area contributed by atoms with E-state index in [-0.39, 0.29) is 0 Å². The highest BCUT2D eigenvalue weighted by Crippen LogP contribution is 2.70. The largest absolute Gasteiger partial charge is 0.142 e. The third kappa shape index (κ3) is 4.00. The van der Waals surface area contributed by atoms with E-state index in [1.165, 1.54) is 66.0 Å². The Bertz CT molecular complexity index is 1440. The van der Waals surface area contributed by atoms with E-state index in [1.54, 1.807) is 50.5 Å². The number of thiol groups is 1. The fraction of sp³-hybridized carbons (Fsp3) is 0.610. The molecule has 6 saturated carbocycles. The molecule has 0 nitrogen and oxygen atoms in total. The van der Waals surface area contributed by atoms with Gasteiger partial charge >= 0.3 is 0 Å². The predicted octanol–water partition coefficient (Wildman–Crippen LogP) is 11.5. The summed E-state index contributed by atoms with van der Waals surface area (Å²) in [6.07, 6.45) is 19.9. The standard InChI is InChI=1S/C41H50S/c1-24-17-18-26(21-36(24)35-20-19-25-9-2-3-10-28(25)41(35)42)27-22-37-31-13-6-4-11-29(31)33-15-8-16-34-30-12-5-7-14-32(30)38(23-27)40(37)39(33)34/h2-3,9-10,17-21,27,29-34,37-40,42H,4-8,11-16,22-23H2,1H3. The Morgan fingerprint density at radius 2 is 1.12 bits per heavy atom. The second kappa shape index (κ2) is 10.4. The van der Waals surface area contributed by atoms with Crippen molar-refractivity contribution in [3.63, 3.8) is 0 Å². The fourth-order valence-electron chi connectivity index (χ4n) is 13.2. The summed E-state index contributed by atoms with van der Waals surface area (Å²) in [5, 5.41) is 2.56. The second-order valence-corrected chi connectivity index (χ2v) is 16.3. The van der Waals surface area contributed by atoms with Gasteiger partial charge in [-0.1, -0.05) is 86.7 Å². The summed E-state index contributed by atoms with van der Waals surface area (Å²) in [5.74, 6) is 11.2. The van der Waals surface area contributed by atoms with Crippen molar-refractivity contribution in [2.24, 2.45) is 59.2 Å². The molecule has 220 valence electrons. The molecule has 0 aromatic heterocycles. The molecule has 6 fully saturated rings. The first-order chi connectivity index (χ1) is 20.7. The van der Waals surface area contributed by atoms with Crippen LogP contribution in [-0.4, -0.2) is 0 Å². The average Bonchev–Trinajstić information content (AvgIpc) is 3.05. The normalized spacial score (nSPS) is 40.6. The lowest BCUT2D eigenvalue weighted by Gasteiger charge is -2.68. The van der Waals surface area contributed by atoms with Crippen molar-refractivity contribution >= 4 is 23.4 Å². The second-order valence-electron chi connectivity index (χ2n) is 15.9. The van der Waals surface area contributed by atoms with Crippen LogP contribution in [-0.2, 0) is 0 Å². The Labute approximate surface area is 259 Å². The van der Waals surface area contributed by atoms with Gasteiger partial charge in [0.25, 0.3) is 0 Å². The molecule has 3 aromatic carbocycles. The first kappa shape index (κ1) is 26.7. The van der Waals surface area contributed by atoms with E-state index in [0.717, 1.165) is 70.0 Å². The molecular formula is C41H50S. The minimum absolute atomic E-state index is 0.737. The molecule has 0 aliphatic heterocycles. The summed E-state index contributed by atoms with van der Waals surface area (Å²) in [4.78, 5) is 1.14. The molecule has 0 heterocycles. The molecule has 0 radical (unpaired) electrons. The van der Waals surface area contributed by atoms with Gasteiger partial charge in [-0.3, -0.25) is 0 Å². The maximum Gasteiger partial charge on any atom is 0.0197 e. The number of benzene rings is 3. The van der Waals surface area contributed by atoms with E-state index in [9.17, 15) is 0 Å². The van der Waals surface area contributed by atoms with Gasteiger partial charge in [-0.25, -0.2) is 0 Å². The fourth-order valence-corrected chi connectivity index (χ4v) is 13.6. The molecule has 42 heavy (non-hydrogen) atoms. The molecule has 9 rings (SSSR count). The number of fused-ring (bicyclic) bond motifs is 7. The highest BCUT2D eigenvalue weighted by molar-refractivity contribution is 7.80. The van der Waals surface area contributed by atoms with Gasteiger partial charge in [0.15, 0.2) is 0 Å². The van der Waals surface area contributed by atoms with Gasteiger partial charge in [-0.15, -0.1) is 12.6 Å². The van der Waals surface area contributed by atoms with Crippen LogP contribution in [0.15, 0.2) is 59.5 Å². The number of hydrogen-bond acceptors (Lipinski definition) is 1. The molecule has 0 saturated heterocycles. The summed E-state index contributed by atoms with van der Waals surface area (Å²) in [6.45, 7) is 2.31. The minimum atomic E-state index is 0.737. The van der Waals surface area contributed by atoms with Crippen LogP contribution in [0.4, 0.5) is 0 Å². The summed E-state index contributed by atoms with van der Waals surface area (Å²) >= 11 is 5.13. The molecule has 0 amide bonds. The Kier molecular flexibility index (Phi) is 6.62. The van der Waals surface area contributed by atoms with Crippen LogP contribution in [0.3, 0.4) is 0 Å².